The molecule has 0 rings (SSSR count). The summed E-state index contributed by atoms with van der Waals surface area (Å²) in [7, 11) is -2.40. The zero-order valence-corrected chi connectivity index (χ0v) is 4.90. The lowest BCUT2D eigenvalue weighted by Crippen LogP contribution is -2.04. The quantitative estimate of drug-likeness (QED) is 0.303. The van der Waals surface area contributed by atoms with Crippen LogP contribution in [0.1, 0.15) is 0 Å². The van der Waals surface area contributed by atoms with Crippen molar-refractivity contribution in [1.29, 1.82) is 0 Å². The van der Waals surface area contributed by atoms with Gasteiger partial charge in [0.2, 0.25) is 5.34 Å². The summed E-state index contributed by atoms with van der Waals surface area (Å²) >= 11 is 0. The van der Waals surface area contributed by atoms with E-state index in [1.54, 1.807) is 0 Å². The maximum absolute atomic E-state index is 10.3. The maximum atomic E-state index is 10.3. The van der Waals surface area contributed by atoms with E-state index in [0.717, 1.165) is 0 Å². The van der Waals surface area contributed by atoms with Gasteiger partial charge >= 0.3 is 0 Å². The SMILES string of the molecule is C[S+](C)(=O)ON=O. The van der Waals surface area contributed by atoms with Gasteiger partial charge in [0.15, 0.2) is 0 Å². The van der Waals surface area contributed by atoms with Crippen LogP contribution in [-0.4, -0.2) is 12.5 Å². The Morgan fingerprint density at radius 2 is 2.00 bits per heavy atom. The van der Waals surface area contributed by atoms with Crippen LogP contribution in [0.4, 0.5) is 0 Å². The van der Waals surface area contributed by atoms with Gasteiger partial charge < -0.3 is 0 Å². The van der Waals surface area contributed by atoms with Crippen LogP contribution >= 0.6 is 0 Å². The van der Waals surface area contributed by atoms with E-state index in [1.165, 1.54) is 12.5 Å². The Morgan fingerprint density at radius 1 is 1.57 bits per heavy atom. The van der Waals surface area contributed by atoms with E-state index in [0.29, 0.717) is 0 Å². The summed E-state index contributed by atoms with van der Waals surface area (Å²) in [6, 6.07) is 0. The summed E-state index contributed by atoms with van der Waals surface area (Å²) < 4.78 is 14.1. The van der Waals surface area contributed by atoms with E-state index >= 15 is 0 Å². The van der Waals surface area contributed by atoms with Crippen molar-refractivity contribution < 1.29 is 8.49 Å². The molecule has 0 spiro atoms. The van der Waals surface area contributed by atoms with Crippen molar-refractivity contribution in [2.45, 2.75) is 0 Å². The van der Waals surface area contributed by atoms with E-state index in [4.69, 9.17) is 4.91 Å². The predicted molar refractivity (Wildman–Crippen MR) is 26.8 cm³/mol. The van der Waals surface area contributed by atoms with Crippen LogP contribution in [0.15, 0.2) is 5.34 Å². The van der Waals surface area contributed by atoms with Crippen LogP contribution < -0.4 is 0 Å². The predicted octanol–water partition coefficient (Wildman–Crippen LogP) is 0.358. The van der Waals surface area contributed by atoms with Crippen LogP contribution in [0.5, 0.6) is 0 Å². The normalized spacial score (nSPS) is 10.6. The molecule has 0 aromatic carbocycles. The van der Waals surface area contributed by atoms with E-state index in [-0.39, 0.29) is 0 Å². The zero-order valence-electron chi connectivity index (χ0n) is 4.08. The fourth-order valence-corrected chi connectivity index (χ4v) is 0.220. The van der Waals surface area contributed by atoms with E-state index in [1.807, 2.05) is 5.34 Å². The van der Waals surface area contributed by atoms with Gasteiger partial charge in [-0.05, 0) is 0 Å². The Labute approximate surface area is 42.4 Å². The molecule has 0 unspecified atom stereocenters. The second kappa shape index (κ2) is 2.02. The fraction of sp³-hybridized carbons (Fsp3) is 1.00. The first-order chi connectivity index (χ1) is 3.06. The van der Waals surface area contributed by atoms with Crippen molar-refractivity contribution in [2.75, 3.05) is 12.5 Å². The average molecular weight is 124 g/mol. The minimum Gasteiger partial charge on any atom is -0.135 e. The van der Waals surface area contributed by atoms with Gasteiger partial charge in [0.05, 0.1) is 0 Å². The Bertz CT molecular complexity index is 106. The van der Waals surface area contributed by atoms with Crippen molar-refractivity contribution in [3.05, 3.63) is 4.91 Å². The van der Waals surface area contributed by atoms with Crippen molar-refractivity contribution >= 4 is 10.2 Å². The van der Waals surface area contributed by atoms with Gasteiger partial charge in [-0.1, -0.05) is 4.21 Å². The van der Waals surface area contributed by atoms with Crippen LogP contribution in [0.2, 0.25) is 0 Å². The molecule has 0 aliphatic heterocycles. The first-order valence-electron chi connectivity index (χ1n) is 1.51. The standard InChI is InChI=1S/C2H6NO3S/c1-7(2,5)6-3-4/h1-2H3/q+1. The molecule has 0 aromatic heterocycles. The monoisotopic (exact) mass is 124 g/mol. The van der Waals surface area contributed by atoms with Crippen LogP contribution in [-0.2, 0) is 18.7 Å². The molecule has 0 radical (unpaired) electrons. The molecule has 0 amide bonds. The van der Waals surface area contributed by atoms with E-state index in [2.05, 4.69) is 4.28 Å². The van der Waals surface area contributed by atoms with Crippen molar-refractivity contribution in [3.8, 4) is 0 Å². The first kappa shape index (κ1) is 6.55. The van der Waals surface area contributed by atoms with Gasteiger partial charge in [-0.3, -0.25) is 0 Å². The Hall–Kier alpha value is -0.450. The Balaban J connectivity index is 3.57. The van der Waals surface area contributed by atoms with Crippen LogP contribution in [0.3, 0.4) is 0 Å². The Morgan fingerprint density at radius 3 is 2.00 bits per heavy atom. The average Bonchev–Trinajstić information content (AvgIpc) is 1.30. The summed E-state index contributed by atoms with van der Waals surface area (Å²) in [5, 5.41) is 1.98. The molecular weight excluding hydrogens is 118 g/mol. The molecule has 42 valence electrons. The lowest BCUT2D eigenvalue weighted by molar-refractivity contribution is 0.350. The van der Waals surface area contributed by atoms with E-state index in [9.17, 15) is 4.21 Å². The highest BCUT2D eigenvalue weighted by Gasteiger charge is 2.13. The molecule has 0 fully saturated rings. The van der Waals surface area contributed by atoms with Crippen molar-refractivity contribution in [3.63, 3.8) is 0 Å². The molecule has 0 bridgehead atoms. The van der Waals surface area contributed by atoms with Gasteiger partial charge in [0, 0.05) is 0 Å². The molecule has 0 aromatic rings. The Kier molecular flexibility index (Phi) is 1.89. The number of hydrogen-bond donors (Lipinski definition) is 0. The van der Waals surface area contributed by atoms with Gasteiger partial charge in [-0.15, -0.1) is 9.19 Å². The van der Waals surface area contributed by atoms with Crippen molar-refractivity contribution in [1.82, 2.24) is 0 Å². The van der Waals surface area contributed by atoms with Crippen LogP contribution in [0, 0.1) is 4.91 Å². The third-order valence-corrected chi connectivity index (χ3v) is 0.630. The summed E-state index contributed by atoms with van der Waals surface area (Å²) in [6.45, 7) is 0. The third-order valence-electron chi connectivity index (χ3n) is 0.210. The molecule has 0 N–H and O–H groups in total. The highest BCUT2D eigenvalue weighted by atomic mass is 32.3. The molecule has 0 saturated carbocycles. The molecule has 0 aliphatic rings. The highest BCUT2D eigenvalue weighted by molar-refractivity contribution is 7.97. The van der Waals surface area contributed by atoms with Gasteiger partial charge in [-0.2, -0.15) is 0 Å². The lowest BCUT2D eigenvalue weighted by atomic mass is 11.9. The van der Waals surface area contributed by atoms with Crippen molar-refractivity contribution in [2.24, 2.45) is 5.34 Å². The minimum atomic E-state index is -2.40. The second-order valence-electron chi connectivity index (χ2n) is 1.29. The summed E-state index contributed by atoms with van der Waals surface area (Å²) in [5.74, 6) is 0. The minimum absolute atomic E-state index is 1.29. The maximum Gasteiger partial charge on any atom is 0.285 e. The summed E-state index contributed by atoms with van der Waals surface area (Å²) in [6.07, 6.45) is 2.57. The van der Waals surface area contributed by atoms with Crippen LogP contribution in [0.25, 0.3) is 0 Å². The molecular formula is C2H6NO3S+. The smallest absolute Gasteiger partial charge is 0.135 e. The molecule has 7 heavy (non-hydrogen) atoms. The second-order valence-corrected chi connectivity index (χ2v) is 3.73. The van der Waals surface area contributed by atoms with Gasteiger partial charge in [0.25, 0.3) is 10.2 Å². The molecule has 0 heterocycles. The number of nitrogens with zero attached hydrogens (tertiary/aromatic N) is 1. The summed E-state index contributed by atoms with van der Waals surface area (Å²) in [4.78, 5) is 9.17. The number of hydrogen-bond acceptors (Lipinski definition) is 4. The van der Waals surface area contributed by atoms with Gasteiger partial charge in [0.1, 0.15) is 12.5 Å². The highest BCUT2D eigenvalue weighted by Crippen LogP contribution is 1.93. The zero-order chi connectivity index (χ0) is 5.91. The molecule has 0 atom stereocenters. The lowest BCUT2D eigenvalue weighted by Gasteiger charge is -1.85. The van der Waals surface area contributed by atoms with E-state index < -0.39 is 10.2 Å². The molecule has 0 saturated heterocycles. The topological polar surface area (TPSA) is 55.7 Å². The molecule has 0 aliphatic carbocycles. The molecule has 5 heteroatoms. The third kappa shape index (κ3) is 5.55. The summed E-state index contributed by atoms with van der Waals surface area (Å²) in [5.41, 5.74) is 0. The number of rotatable bonds is 2. The van der Waals surface area contributed by atoms with Gasteiger partial charge in [-0.25, -0.2) is 0 Å². The largest absolute Gasteiger partial charge is 0.285 e. The fourth-order valence-electron chi connectivity index (χ4n) is 0.0733. The first-order valence-corrected chi connectivity index (χ1v) is 3.81. The molecule has 4 nitrogen and oxygen atoms in total.